The van der Waals surface area contributed by atoms with Crippen LogP contribution in [0.25, 0.3) is 11.1 Å². The fraction of sp³-hybridized carbons (Fsp3) is 0.522. The molecule has 1 heterocycles. The molecule has 0 spiro atoms. The summed E-state index contributed by atoms with van der Waals surface area (Å²) in [6, 6.07) is 12.1. The molecule has 0 atom stereocenters. The van der Waals surface area contributed by atoms with Crippen molar-refractivity contribution in [2.45, 2.75) is 60.2 Å². The Morgan fingerprint density at radius 2 is 1.63 bits per heavy atom. The maximum atomic E-state index is 12.4. The van der Waals surface area contributed by atoms with E-state index in [1.807, 2.05) is 12.3 Å². The van der Waals surface area contributed by atoms with Crippen LogP contribution < -0.4 is 10.9 Å². The Bertz CT molecular complexity index is 778. The van der Waals surface area contributed by atoms with Gasteiger partial charge in [0.15, 0.2) is 0 Å². The monoisotopic (exact) mass is 370 g/mol. The molecule has 148 valence electrons. The van der Waals surface area contributed by atoms with Crippen LogP contribution >= 0.6 is 0 Å². The predicted molar refractivity (Wildman–Crippen MR) is 113 cm³/mol. The van der Waals surface area contributed by atoms with Crippen molar-refractivity contribution in [1.82, 2.24) is 9.88 Å². The van der Waals surface area contributed by atoms with Crippen molar-refractivity contribution in [2.24, 2.45) is 5.41 Å². The highest BCUT2D eigenvalue weighted by molar-refractivity contribution is 5.62. The SMILES string of the molecule is CC(C)(C)COCCn1ccc(-c2ccc(CNC(C)(C)C)cc2)cc1=O. The van der Waals surface area contributed by atoms with Gasteiger partial charge in [-0.05, 0) is 48.9 Å². The van der Waals surface area contributed by atoms with Gasteiger partial charge in [0.2, 0.25) is 0 Å². The van der Waals surface area contributed by atoms with Gasteiger partial charge in [-0.3, -0.25) is 4.79 Å². The van der Waals surface area contributed by atoms with Gasteiger partial charge in [0.25, 0.3) is 5.56 Å². The molecule has 0 aliphatic carbocycles. The molecule has 4 nitrogen and oxygen atoms in total. The van der Waals surface area contributed by atoms with E-state index >= 15 is 0 Å². The second-order valence-electron chi connectivity index (χ2n) is 9.36. The average Bonchev–Trinajstić information content (AvgIpc) is 2.57. The lowest BCUT2D eigenvalue weighted by Crippen LogP contribution is -2.35. The highest BCUT2D eigenvalue weighted by Gasteiger charge is 2.10. The molecule has 0 radical (unpaired) electrons. The van der Waals surface area contributed by atoms with Crippen LogP contribution in [0.4, 0.5) is 0 Å². The van der Waals surface area contributed by atoms with Gasteiger partial charge in [0.1, 0.15) is 0 Å². The smallest absolute Gasteiger partial charge is 0.251 e. The van der Waals surface area contributed by atoms with Gasteiger partial charge >= 0.3 is 0 Å². The Morgan fingerprint density at radius 3 is 2.19 bits per heavy atom. The predicted octanol–water partition coefficient (Wildman–Crippen LogP) is 4.47. The molecular formula is C23H34N2O2. The first-order valence-electron chi connectivity index (χ1n) is 9.66. The molecule has 0 aliphatic heterocycles. The summed E-state index contributed by atoms with van der Waals surface area (Å²) in [4.78, 5) is 12.4. The number of nitrogens with zero attached hydrogens (tertiary/aromatic N) is 1. The third kappa shape index (κ3) is 7.69. The third-order valence-electron chi connectivity index (χ3n) is 4.12. The van der Waals surface area contributed by atoms with Gasteiger partial charge < -0.3 is 14.6 Å². The second-order valence-corrected chi connectivity index (χ2v) is 9.36. The summed E-state index contributed by atoms with van der Waals surface area (Å²) in [6.07, 6.45) is 1.85. The Kier molecular flexibility index (Phi) is 7.01. The van der Waals surface area contributed by atoms with E-state index in [9.17, 15) is 4.79 Å². The summed E-state index contributed by atoms with van der Waals surface area (Å²) < 4.78 is 7.37. The lowest BCUT2D eigenvalue weighted by molar-refractivity contribution is 0.0657. The zero-order valence-corrected chi connectivity index (χ0v) is 17.6. The number of ether oxygens (including phenoxy) is 1. The fourth-order valence-electron chi connectivity index (χ4n) is 2.60. The molecule has 27 heavy (non-hydrogen) atoms. The van der Waals surface area contributed by atoms with Crippen LogP contribution in [0.5, 0.6) is 0 Å². The molecule has 0 unspecified atom stereocenters. The van der Waals surface area contributed by atoms with Gasteiger partial charge in [-0.15, -0.1) is 0 Å². The highest BCUT2D eigenvalue weighted by Crippen LogP contribution is 2.18. The number of benzene rings is 1. The molecule has 1 aromatic carbocycles. The van der Waals surface area contributed by atoms with Gasteiger partial charge in [0.05, 0.1) is 13.2 Å². The van der Waals surface area contributed by atoms with Crippen molar-refractivity contribution < 1.29 is 4.74 Å². The summed E-state index contributed by atoms with van der Waals surface area (Å²) in [7, 11) is 0. The largest absolute Gasteiger partial charge is 0.379 e. The minimum atomic E-state index is 0.00494. The molecule has 0 fully saturated rings. The molecular weight excluding hydrogens is 336 g/mol. The fourth-order valence-corrected chi connectivity index (χ4v) is 2.60. The van der Waals surface area contributed by atoms with E-state index in [0.29, 0.717) is 19.8 Å². The lowest BCUT2D eigenvalue weighted by atomic mass is 9.99. The molecule has 0 saturated carbocycles. The topological polar surface area (TPSA) is 43.3 Å². The maximum absolute atomic E-state index is 12.4. The maximum Gasteiger partial charge on any atom is 0.251 e. The molecule has 1 N–H and O–H groups in total. The van der Waals surface area contributed by atoms with E-state index < -0.39 is 0 Å². The number of pyridine rings is 1. The van der Waals surface area contributed by atoms with Crippen LogP contribution in [-0.4, -0.2) is 23.3 Å². The molecule has 0 bridgehead atoms. The Balaban J connectivity index is 1.97. The van der Waals surface area contributed by atoms with Crippen molar-refractivity contribution in [1.29, 1.82) is 0 Å². The van der Waals surface area contributed by atoms with E-state index in [2.05, 4.69) is 71.1 Å². The van der Waals surface area contributed by atoms with Crippen LogP contribution in [0.1, 0.15) is 47.1 Å². The average molecular weight is 371 g/mol. The zero-order valence-electron chi connectivity index (χ0n) is 17.6. The minimum Gasteiger partial charge on any atom is -0.379 e. The number of rotatable bonds is 7. The number of nitrogens with one attached hydrogen (secondary N) is 1. The molecule has 0 saturated heterocycles. The quantitative estimate of drug-likeness (QED) is 0.732. The summed E-state index contributed by atoms with van der Waals surface area (Å²) in [5.74, 6) is 0. The Labute approximate surface area is 163 Å². The third-order valence-corrected chi connectivity index (χ3v) is 4.12. The second kappa shape index (κ2) is 8.85. The standard InChI is InChI=1S/C23H34N2O2/c1-22(2,3)17-27-14-13-25-12-11-20(15-21(25)26)19-9-7-18(8-10-19)16-24-23(4,5)6/h7-12,15,24H,13-14,16-17H2,1-6H3. The first kappa shape index (κ1) is 21.4. The van der Waals surface area contributed by atoms with Crippen molar-refractivity contribution in [2.75, 3.05) is 13.2 Å². The first-order valence-corrected chi connectivity index (χ1v) is 9.66. The zero-order chi connectivity index (χ0) is 20.1. The summed E-state index contributed by atoms with van der Waals surface area (Å²) in [5.41, 5.74) is 3.48. The summed E-state index contributed by atoms with van der Waals surface area (Å²) >= 11 is 0. The molecule has 2 rings (SSSR count). The lowest BCUT2D eigenvalue weighted by Gasteiger charge is -2.20. The van der Waals surface area contributed by atoms with Crippen LogP contribution in [0.3, 0.4) is 0 Å². The van der Waals surface area contributed by atoms with Gasteiger partial charge in [-0.25, -0.2) is 0 Å². The van der Waals surface area contributed by atoms with Crippen molar-refractivity contribution in [3.63, 3.8) is 0 Å². The molecule has 4 heteroatoms. The van der Waals surface area contributed by atoms with Crippen LogP contribution in [0, 0.1) is 5.41 Å². The first-order chi connectivity index (χ1) is 12.5. The van der Waals surface area contributed by atoms with Crippen LogP contribution in [0.2, 0.25) is 0 Å². The van der Waals surface area contributed by atoms with Crippen molar-refractivity contribution in [3.05, 3.63) is 58.5 Å². The molecule has 0 aliphatic rings. The van der Waals surface area contributed by atoms with E-state index in [-0.39, 0.29) is 16.5 Å². The van der Waals surface area contributed by atoms with Gasteiger partial charge in [-0.2, -0.15) is 0 Å². The summed E-state index contributed by atoms with van der Waals surface area (Å²) in [5, 5.41) is 3.48. The van der Waals surface area contributed by atoms with Crippen molar-refractivity contribution >= 4 is 0 Å². The number of aromatic nitrogens is 1. The van der Waals surface area contributed by atoms with Crippen LogP contribution in [-0.2, 0) is 17.8 Å². The minimum absolute atomic E-state index is 0.00494. The molecule has 0 amide bonds. The van der Waals surface area contributed by atoms with Crippen LogP contribution in [0.15, 0.2) is 47.4 Å². The highest BCUT2D eigenvalue weighted by atomic mass is 16.5. The van der Waals surface area contributed by atoms with Gasteiger partial charge in [-0.1, -0.05) is 45.0 Å². The van der Waals surface area contributed by atoms with E-state index in [4.69, 9.17) is 4.74 Å². The Hall–Kier alpha value is -1.91. The Morgan fingerprint density at radius 1 is 0.963 bits per heavy atom. The van der Waals surface area contributed by atoms with Crippen molar-refractivity contribution in [3.8, 4) is 11.1 Å². The van der Waals surface area contributed by atoms with E-state index in [1.165, 1.54) is 5.56 Å². The summed E-state index contributed by atoms with van der Waals surface area (Å²) in [6.45, 7) is 15.5. The normalized spacial score (nSPS) is 12.4. The number of hydrogen-bond donors (Lipinski definition) is 1. The van der Waals surface area contributed by atoms with E-state index in [1.54, 1.807) is 10.6 Å². The van der Waals surface area contributed by atoms with E-state index in [0.717, 1.165) is 17.7 Å². The molecule has 2 aromatic rings. The van der Waals surface area contributed by atoms with Gasteiger partial charge in [0, 0.05) is 30.9 Å². The molecule has 1 aromatic heterocycles. The number of hydrogen-bond acceptors (Lipinski definition) is 3.